The predicted octanol–water partition coefficient (Wildman–Crippen LogP) is 3.48. The number of anilines is 1. The third-order valence-electron chi connectivity index (χ3n) is 2.43. The van der Waals surface area contributed by atoms with E-state index in [9.17, 15) is 9.18 Å². The van der Waals surface area contributed by atoms with E-state index in [4.69, 9.17) is 23.2 Å². The Balaban J connectivity index is 2.31. The van der Waals surface area contributed by atoms with E-state index in [1.807, 2.05) is 0 Å². The summed E-state index contributed by atoms with van der Waals surface area (Å²) in [4.78, 5) is 19.5. The molecule has 98 valence electrons. The minimum atomic E-state index is -0.462. The zero-order valence-electron chi connectivity index (χ0n) is 9.75. The summed E-state index contributed by atoms with van der Waals surface area (Å²) in [6.07, 6.45) is 1.18. The first-order valence-corrected chi connectivity index (χ1v) is 5.98. The summed E-state index contributed by atoms with van der Waals surface area (Å²) >= 11 is 11.6. The maximum Gasteiger partial charge on any atom is 0.256 e. The van der Waals surface area contributed by atoms with Crippen LogP contribution in [0.25, 0.3) is 0 Å². The number of nitrogens with zero attached hydrogens (tertiary/aromatic N) is 2. The minimum Gasteiger partial charge on any atom is -0.317 e. The molecule has 1 aromatic carbocycles. The molecule has 0 saturated carbocycles. The molecule has 4 nitrogen and oxygen atoms in total. The summed E-state index contributed by atoms with van der Waals surface area (Å²) < 4.78 is 13.0. The molecule has 0 unspecified atom stereocenters. The van der Waals surface area contributed by atoms with Gasteiger partial charge in [-0.3, -0.25) is 4.79 Å². The number of aromatic nitrogens is 2. The quantitative estimate of drug-likeness (QED) is 0.864. The fraction of sp³-hybridized carbons (Fsp3) is 0.0833. The van der Waals surface area contributed by atoms with Gasteiger partial charge in [-0.1, -0.05) is 23.2 Å². The number of carbonyl (C=O) groups is 1. The van der Waals surface area contributed by atoms with Crippen LogP contribution >= 0.6 is 23.2 Å². The van der Waals surface area contributed by atoms with Gasteiger partial charge in [-0.15, -0.1) is 0 Å². The summed E-state index contributed by atoms with van der Waals surface area (Å²) in [5.41, 5.74) is 0.943. The van der Waals surface area contributed by atoms with E-state index in [2.05, 4.69) is 15.3 Å². The van der Waals surface area contributed by atoms with Gasteiger partial charge < -0.3 is 5.32 Å². The lowest BCUT2D eigenvalue weighted by Gasteiger charge is -2.09. The molecule has 0 atom stereocenters. The molecule has 2 aromatic rings. The van der Waals surface area contributed by atoms with Gasteiger partial charge in [0, 0.05) is 5.56 Å². The van der Waals surface area contributed by atoms with Crippen molar-refractivity contribution in [3.63, 3.8) is 0 Å². The van der Waals surface area contributed by atoms with Crippen LogP contribution in [-0.2, 0) is 0 Å². The number of benzene rings is 1. The number of amides is 1. The van der Waals surface area contributed by atoms with Crippen LogP contribution in [-0.4, -0.2) is 15.9 Å². The Bertz CT molecular complexity index is 629. The molecular weight excluding hydrogens is 292 g/mol. The lowest BCUT2D eigenvalue weighted by Crippen LogP contribution is -2.14. The third-order valence-corrected chi connectivity index (χ3v) is 3.00. The Kier molecular flexibility index (Phi) is 3.97. The van der Waals surface area contributed by atoms with Crippen LogP contribution < -0.4 is 5.32 Å². The molecule has 7 heteroatoms. The highest BCUT2D eigenvalue weighted by atomic mass is 35.5. The fourth-order valence-electron chi connectivity index (χ4n) is 1.51. The Morgan fingerprint density at radius 3 is 2.47 bits per heavy atom. The van der Waals surface area contributed by atoms with Crippen LogP contribution in [0.3, 0.4) is 0 Å². The van der Waals surface area contributed by atoms with Crippen LogP contribution in [0.2, 0.25) is 10.3 Å². The molecule has 1 amide bonds. The molecule has 0 aliphatic carbocycles. The topological polar surface area (TPSA) is 54.9 Å². The van der Waals surface area contributed by atoms with Crippen LogP contribution in [0.5, 0.6) is 0 Å². The second-order valence-corrected chi connectivity index (χ2v) is 4.46. The van der Waals surface area contributed by atoms with Crippen molar-refractivity contribution in [2.45, 2.75) is 6.92 Å². The van der Waals surface area contributed by atoms with Crippen molar-refractivity contribution in [3.8, 4) is 0 Å². The highest BCUT2D eigenvalue weighted by Crippen LogP contribution is 2.26. The van der Waals surface area contributed by atoms with E-state index in [0.29, 0.717) is 11.1 Å². The average molecular weight is 300 g/mol. The number of halogens is 3. The maximum absolute atomic E-state index is 13.0. The van der Waals surface area contributed by atoms with Gasteiger partial charge in [0.2, 0.25) is 0 Å². The second-order valence-electron chi connectivity index (χ2n) is 3.74. The first-order valence-electron chi connectivity index (χ1n) is 5.22. The van der Waals surface area contributed by atoms with Crippen molar-refractivity contribution in [1.82, 2.24) is 9.97 Å². The molecule has 1 N–H and O–H groups in total. The summed E-state index contributed by atoms with van der Waals surface area (Å²) in [6, 6.07) is 3.85. The minimum absolute atomic E-state index is 0.0353. The van der Waals surface area contributed by atoms with Crippen LogP contribution in [0.4, 0.5) is 10.1 Å². The number of nitrogens with one attached hydrogen (secondary N) is 1. The SMILES string of the molecule is Cc1cc(F)ccc1C(=O)Nc1c(Cl)ncnc1Cl. The molecule has 1 aromatic heterocycles. The first kappa shape index (κ1) is 13.7. The third kappa shape index (κ3) is 3.00. The second kappa shape index (κ2) is 5.50. The highest BCUT2D eigenvalue weighted by Gasteiger charge is 2.15. The van der Waals surface area contributed by atoms with Crippen molar-refractivity contribution in [3.05, 3.63) is 51.8 Å². The molecule has 0 aliphatic rings. The molecule has 2 rings (SSSR count). The molecule has 0 bridgehead atoms. The van der Waals surface area contributed by atoms with Gasteiger partial charge in [-0.05, 0) is 30.7 Å². The zero-order valence-corrected chi connectivity index (χ0v) is 11.3. The van der Waals surface area contributed by atoms with Crippen molar-refractivity contribution in [1.29, 1.82) is 0 Å². The number of hydrogen-bond donors (Lipinski definition) is 1. The maximum atomic E-state index is 13.0. The lowest BCUT2D eigenvalue weighted by atomic mass is 10.1. The van der Waals surface area contributed by atoms with Crippen molar-refractivity contribution in [2.24, 2.45) is 0 Å². The van der Waals surface area contributed by atoms with E-state index >= 15 is 0 Å². The molecular formula is C12H8Cl2FN3O. The monoisotopic (exact) mass is 299 g/mol. The summed E-state index contributed by atoms with van der Waals surface area (Å²) in [6.45, 7) is 1.63. The van der Waals surface area contributed by atoms with Gasteiger partial charge in [-0.25, -0.2) is 14.4 Å². The Hall–Kier alpha value is -1.72. The van der Waals surface area contributed by atoms with E-state index in [-0.39, 0.29) is 16.0 Å². The predicted molar refractivity (Wildman–Crippen MR) is 71.1 cm³/mol. The summed E-state index contributed by atoms with van der Waals surface area (Å²) in [7, 11) is 0. The fourth-order valence-corrected chi connectivity index (χ4v) is 1.92. The molecule has 0 fully saturated rings. The molecule has 0 spiro atoms. The Morgan fingerprint density at radius 1 is 1.26 bits per heavy atom. The van der Waals surface area contributed by atoms with Gasteiger partial charge in [-0.2, -0.15) is 0 Å². The van der Waals surface area contributed by atoms with E-state index in [0.717, 1.165) is 0 Å². The Labute approximate surface area is 118 Å². The van der Waals surface area contributed by atoms with Gasteiger partial charge in [0.1, 0.15) is 17.8 Å². The van der Waals surface area contributed by atoms with Crippen LogP contribution in [0, 0.1) is 12.7 Å². The number of carbonyl (C=O) groups excluding carboxylic acids is 1. The van der Waals surface area contributed by atoms with Crippen LogP contribution in [0.15, 0.2) is 24.5 Å². The Morgan fingerprint density at radius 2 is 1.89 bits per heavy atom. The van der Waals surface area contributed by atoms with Crippen molar-refractivity contribution >= 4 is 34.8 Å². The van der Waals surface area contributed by atoms with Crippen LogP contribution in [0.1, 0.15) is 15.9 Å². The summed E-state index contributed by atoms with van der Waals surface area (Å²) in [5.74, 6) is -0.871. The number of rotatable bonds is 2. The number of hydrogen-bond acceptors (Lipinski definition) is 3. The van der Waals surface area contributed by atoms with E-state index in [1.54, 1.807) is 6.92 Å². The largest absolute Gasteiger partial charge is 0.317 e. The van der Waals surface area contributed by atoms with Crippen molar-refractivity contribution < 1.29 is 9.18 Å². The van der Waals surface area contributed by atoms with Gasteiger partial charge in [0.05, 0.1) is 0 Å². The van der Waals surface area contributed by atoms with Gasteiger partial charge in [0.25, 0.3) is 5.91 Å². The molecule has 0 aliphatic heterocycles. The van der Waals surface area contributed by atoms with Crippen molar-refractivity contribution in [2.75, 3.05) is 5.32 Å². The first-order chi connectivity index (χ1) is 8.99. The van der Waals surface area contributed by atoms with E-state index in [1.165, 1.54) is 24.5 Å². The average Bonchev–Trinajstić information content (AvgIpc) is 2.33. The molecule has 0 radical (unpaired) electrons. The standard InChI is InChI=1S/C12H8Cl2FN3O/c1-6-4-7(15)2-3-8(6)12(19)18-9-10(13)16-5-17-11(9)14/h2-5H,1H3,(H,18,19). The van der Waals surface area contributed by atoms with Gasteiger partial charge in [0.15, 0.2) is 10.3 Å². The molecule has 0 saturated heterocycles. The normalized spacial score (nSPS) is 10.3. The van der Waals surface area contributed by atoms with Gasteiger partial charge >= 0.3 is 0 Å². The van der Waals surface area contributed by atoms with E-state index < -0.39 is 11.7 Å². The number of aryl methyl sites for hydroxylation is 1. The molecule has 19 heavy (non-hydrogen) atoms. The summed E-state index contributed by atoms with van der Waals surface area (Å²) in [5, 5.41) is 2.58. The zero-order chi connectivity index (χ0) is 14.0. The highest BCUT2D eigenvalue weighted by molar-refractivity contribution is 6.38. The smallest absolute Gasteiger partial charge is 0.256 e. The lowest BCUT2D eigenvalue weighted by molar-refractivity contribution is 0.102. The molecule has 1 heterocycles.